The van der Waals surface area contributed by atoms with E-state index in [4.69, 9.17) is 11.6 Å². The zero-order valence-corrected chi connectivity index (χ0v) is 14.1. The fourth-order valence-electron chi connectivity index (χ4n) is 3.20. The second kappa shape index (κ2) is 6.95. The molecule has 0 aromatic carbocycles. The lowest BCUT2D eigenvalue weighted by Gasteiger charge is -2.30. The molecule has 1 heterocycles. The number of rotatable bonds is 5. The smallest absolute Gasteiger partial charge is 0.100 e. The molecule has 1 aromatic rings. The maximum Gasteiger partial charge on any atom is 0.100 e. The molecule has 1 aliphatic rings. The van der Waals surface area contributed by atoms with Gasteiger partial charge in [0.15, 0.2) is 0 Å². The monoisotopic (exact) mass is 311 g/mol. The summed E-state index contributed by atoms with van der Waals surface area (Å²) in [7, 11) is 4.05. The SMILES string of the molecule is CC1=CC(C)CC(C(O)c2c(Cl)cnn2CCN(C)C)C1. The zero-order chi connectivity index (χ0) is 15.6. The number of halogens is 1. The molecular weight excluding hydrogens is 286 g/mol. The van der Waals surface area contributed by atoms with Gasteiger partial charge in [0.25, 0.3) is 0 Å². The second-order valence-electron chi connectivity index (χ2n) is 6.54. The highest BCUT2D eigenvalue weighted by atomic mass is 35.5. The summed E-state index contributed by atoms with van der Waals surface area (Å²) in [4.78, 5) is 2.10. The number of nitrogens with zero attached hydrogens (tertiary/aromatic N) is 3. The van der Waals surface area contributed by atoms with Crippen LogP contribution in [0.2, 0.25) is 5.02 Å². The minimum Gasteiger partial charge on any atom is -0.386 e. The van der Waals surface area contributed by atoms with E-state index in [0.717, 1.165) is 31.6 Å². The zero-order valence-electron chi connectivity index (χ0n) is 13.4. The molecule has 0 saturated carbocycles. The van der Waals surface area contributed by atoms with Crippen LogP contribution in [0.5, 0.6) is 0 Å². The van der Waals surface area contributed by atoms with Crippen molar-refractivity contribution >= 4 is 11.6 Å². The summed E-state index contributed by atoms with van der Waals surface area (Å²) in [6, 6.07) is 0. The number of hydrogen-bond acceptors (Lipinski definition) is 3. The Kier molecular flexibility index (Phi) is 5.47. The van der Waals surface area contributed by atoms with E-state index in [1.54, 1.807) is 6.20 Å². The lowest BCUT2D eigenvalue weighted by Crippen LogP contribution is -2.25. The molecule has 0 aliphatic heterocycles. The van der Waals surface area contributed by atoms with Gasteiger partial charge < -0.3 is 10.0 Å². The van der Waals surface area contributed by atoms with Crippen molar-refractivity contribution < 1.29 is 5.11 Å². The van der Waals surface area contributed by atoms with E-state index < -0.39 is 6.10 Å². The van der Waals surface area contributed by atoms with Crippen LogP contribution in [0.3, 0.4) is 0 Å². The van der Waals surface area contributed by atoms with Gasteiger partial charge in [0.05, 0.1) is 23.5 Å². The van der Waals surface area contributed by atoms with Crippen molar-refractivity contribution in [2.45, 2.75) is 39.3 Å². The first-order valence-corrected chi connectivity index (χ1v) is 7.97. The van der Waals surface area contributed by atoms with Crippen molar-refractivity contribution in [3.05, 3.63) is 28.6 Å². The first-order chi connectivity index (χ1) is 9.88. The fourth-order valence-corrected chi connectivity index (χ4v) is 3.45. The van der Waals surface area contributed by atoms with Gasteiger partial charge >= 0.3 is 0 Å². The standard InChI is InChI=1S/C16H26ClN3O/c1-11-7-12(2)9-13(8-11)16(21)15-14(17)10-18-20(15)6-5-19(3)4/h7,10-11,13,16,21H,5-6,8-9H2,1-4H3. The van der Waals surface area contributed by atoms with Crippen LogP contribution in [-0.2, 0) is 6.54 Å². The van der Waals surface area contributed by atoms with E-state index in [2.05, 4.69) is 29.9 Å². The van der Waals surface area contributed by atoms with Crippen LogP contribution >= 0.6 is 11.6 Å². The molecular formula is C16H26ClN3O. The number of aliphatic hydroxyl groups is 1. The molecule has 0 radical (unpaired) electrons. The second-order valence-corrected chi connectivity index (χ2v) is 6.95. The van der Waals surface area contributed by atoms with Gasteiger partial charge in [-0.25, -0.2) is 0 Å². The Bertz CT molecular complexity index is 510. The van der Waals surface area contributed by atoms with Gasteiger partial charge in [-0.3, -0.25) is 4.68 Å². The summed E-state index contributed by atoms with van der Waals surface area (Å²) in [6.45, 7) is 5.95. The molecule has 3 atom stereocenters. The molecule has 0 spiro atoms. The van der Waals surface area contributed by atoms with Gasteiger partial charge in [-0.15, -0.1) is 0 Å². The van der Waals surface area contributed by atoms with Gasteiger partial charge in [-0.1, -0.05) is 30.2 Å². The predicted octanol–water partition coefficient (Wildman–Crippen LogP) is 3.12. The van der Waals surface area contributed by atoms with Crippen LogP contribution in [0.1, 0.15) is 38.5 Å². The quantitative estimate of drug-likeness (QED) is 0.849. The van der Waals surface area contributed by atoms with Crippen LogP contribution in [0.15, 0.2) is 17.8 Å². The highest BCUT2D eigenvalue weighted by Crippen LogP contribution is 2.38. The third-order valence-electron chi connectivity index (χ3n) is 4.15. The molecule has 1 N–H and O–H groups in total. The van der Waals surface area contributed by atoms with Crippen LogP contribution in [-0.4, -0.2) is 40.4 Å². The van der Waals surface area contributed by atoms with E-state index in [0.29, 0.717) is 10.9 Å². The summed E-state index contributed by atoms with van der Waals surface area (Å²) in [5.74, 6) is 0.729. The Morgan fingerprint density at radius 1 is 1.52 bits per heavy atom. The minimum atomic E-state index is -0.548. The average Bonchev–Trinajstić information content (AvgIpc) is 2.75. The van der Waals surface area contributed by atoms with E-state index in [1.165, 1.54) is 5.57 Å². The molecule has 1 aliphatic carbocycles. The summed E-state index contributed by atoms with van der Waals surface area (Å²) < 4.78 is 1.85. The third kappa shape index (κ3) is 4.09. The van der Waals surface area contributed by atoms with Crippen LogP contribution in [0.4, 0.5) is 0 Å². The van der Waals surface area contributed by atoms with Gasteiger partial charge in [0, 0.05) is 6.54 Å². The molecule has 0 fully saturated rings. The number of likely N-dealkylation sites (N-methyl/N-ethyl adjacent to an activating group) is 1. The lowest BCUT2D eigenvalue weighted by molar-refractivity contribution is 0.0843. The maximum atomic E-state index is 10.8. The number of allylic oxidation sites excluding steroid dienone is 2. The highest BCUT2D eigenvalue weighted by molar-refractivity contribution is 6.31. The Hall–Kier alpha value is -0.840. The van der Waals surface area contributed by atoms with Crippen molar-refractivity contribution in [3.8, 4) is 0 Å². The Morgan fingerprint density at radius 3 is 2.86 bits per heavy atom. The van der Waals surface area contributed by atoms with Gasteiger partial charge in [-0.2, -0.15) is 5.10 Å². The molecule has 1 aromatic heterocycles. The normalized spacial score (nSPS) is 24.2. The molecule has 0 saturated heterocycles. The molecule has 2 rings (SSSR count). The molecule has 3 unspecified atom stereocenters. The van der Waals surface area contributed by atoms with Crippen molar-refractivity contribution in [2.24, 2.45) is 11.8 Å². The topological polar surface area (TPSA) is 41.3 Å². The van der Waals surface area contributed by atoms with Crippen molar-refractivity contribution in [1.29, 1.82) is 0 Å². The number of hydrogen-bond donors (Lipinski definition) is 1. The highest BCUT2D eigenvalue weighted by Gasteiger charge is 2.30. The minimum absolute atomic E-state index is 0.220. The van der Waals surface area contributed by atoms with Gasteiger partial charge in [0.2, 0.25) is 0 Å². The molecule has 4 nitrogen and oxygen atoms in total. The molecule has 5 heteroatoms. The number of aliphatic hydroxyl groups excluding tert-OH is 1. The van der Waals surface area contributed by atoms with E-state index in [1.807, 2.05) is 18.8 Å². The average molecular weight is 312 g/mol. The van der Waals surface area contributed by atoms with Crippen LogP contribution in [0.25, 0.3) is 0 Å². The third-order valence-corrected chi connectivity index (χ3v) is 4.44. The summed E-state index contributed by atoms with van der Waals surface area (Å²) >= 11 is 6.28. The Labute approximate surface area is 132 Å². The summed E-state index contributed by atoms with van der Waals surface area (Å²) in [6.07, 6.45) is 5.32. The summed E-state index contributed by atoms with van der Waals surface area (Å²) in [5, 5.41) is 15.7. The van der Waals surface area contributed by atoms with Crippen molar-refractivity contribution in [3.63, 3.8) is 0 Å². The van der Waals surface area contributed by atoms with E-state index in [9.17, 15) is 5.11 Å². The molecule has 0 amide bonds. The van der Waals surface area contributed by atoms with Crippen molar-refractivity contribution in [1.82, 2.24) is 14.7 Å². The maximum absolute atomic E-state index is 10.8. The van der Waals surface area contributed by atoms with Gasteiger partial charge in [-0.05, 0) is 45.7 Å². The lowest BCUT2D eigenvalue weighted by atomic mass is 9.80. The van der Waals surface area contributed by atoms with E-state index >= 15 is 0 Å². The van der Waals surface area contributed by atoms with E-state index in [-0.39, 0.29) is 5.92 Å². The molecule has 118 valence electrons. The fraction of sp³-hybridized carbons (Fsp3) is 0.688. The van der Waals surface area contributed by atoms with Crippen LogP contribution in [0, 0.1) is 11.8 Å². The number of aromatic nitrogens is 2. The predicted molar refractivity (Wildman–Crippen MR) is 86.4 cm³/mol. The summed E-state index contributed by atoms with van der Waals surface area (Å²) in [5.41, 5.74) is 2.12. The van der Waals surface area contributed by atoms with Crippen LogP contribution < -0.4 is 0 Å². The Morgan fingerprint density at radius 2 is 2.24 bits per heavy atom. The first-order valence-electron chi connectivity index (χ1n) is 7.59. The molecule has 0 bridgehead atoms. The van der Waals surface area contributed by atoms with Gasteiger partial charge in [0.1, 0.15) is 6.10 Å². The molecule has 21 heavy (non-hydrogen) atoms. The largest absolute Gasteiger partial charge is 0.386 e. The van der Waals surface area contributed by atoms with Crippen molar-refractivity contribution in [2.75, 3.05) is 20.6 Å². The first kappa shape index (κ1) is 16.5. The Balaban J connectivity index is 2.17.